The first-order chi connectivity index (χ1) is 10.7. The standard InChI is InChI=1S/C16H23N3O3S/c1-4-19(13-16(2,3)20)23(21,22)15-10-17-18(12-15)11-14-8-6-5-7-9-14/h5-10,12,20H,4,11,13H2,1-3H3. The Bertz CT molecular complexity index is 733. The first-order valence-corrected chi connectivity index (χ1v) is 8.95. The molecule has 6 nitrogen and oxygen atoms in total. The molecule has 2 aromatic rings. The van der Waals surface area contributed by atoms with Crippen molar-refractivity contribution >= 4 is 10.0 Å². The van der Waals surface area contributed by atoms with E-state index < -0.39 is 15.6 Å². The number of nitrogens with zero attached hydrogens (tertiary/aromatic N) is 3. The second-order valence-corrected chi connectivity index (χ2v) is 8.04. The highest BCUT2D eigenvalue weighted by molar-refractivity contribution is 7.89. The summed E-state index contributed by atoms with van der Waals surface area (Å²) in [6, 6.07) is 9.71. The highest BCUT2D eigenvalue weighted by Gasteiger charge is 2.29. The van der Waals surface area contributed by atoms with Crippen molar-refractivity contribution in [1.29, 1.82) is 0 Å². The highest BCUT2D eigenvalue weighted by Crippen LogP contribution is 2.18. The zero-order chi connectivity index (χ0) is 17.1. The third kappa shape index (κ3) is 4.63. The average Bonchev–Trinajstić information content (AvgIpc) is 2.94. The molecule has 0 saturated carbocycles. The Morgan fingerprint density at radius 3 is 2.48 bits per heavy atom. The molecular formula is C16H23N3O3S. The molecule has 0 amide bonds. The molecule has 7 heteroatoms. The van der Waals surface area contributed by atoms with E-state index in [0.29, 0.717) is 6.54 Å². The van der Waals surface area contributed by atoms with Crippen LogP contribution in [0.25, 0.3) is 0 Å². The number of hydrogen-bond acceptors (Lipinski definition) is 4. The minimum absolute atomic E-state index is 0.0374. The Morgan fingerprint density at radius 2 is 1.91 bits per heavy atom. The van der Waals surface area contributed by atoms with Crippen molar-refractivity contribution in [3.05, 3.63) is 48.3 Å². The SMILES string of the molecule is CCN(CC(C)(C)O)S(=O)(=O)c1cnn(Cc2ccccc2)c1. The maximum absolute atomic E-state index is 12.7. The molecule has 1 heterocycles. The second-order valence-electron chi connectivity index (χ2n) is 6.10. The fourth-order valence-corrected chi connectivity index (χ4v) is 3.84. The van der Waals surface area contributed by atoms with E-state index in [-0.39, 0.29) is 18.0 Å². The number of sulfonamides is 1. The van der Waals surface area contributed by atoms with Gasteiger partial charge in [0.1, 0.15) is 4.90 Å². The van der Waals surface area contributed by atoms with Crippen molar-refractivity contribution < 1.29 is 13.5 Å². The predicted octanol–water partition coefficient (Wildman–Crippen LogP) is 1.71. The van der Waals surface area contributed by atoms with Crippen LogP contribution in [0.5, 0.6) is 0 Å². The number of rotatable bonds is 7. The largest absolute Gasteiger partial charge is 0.389 e. The molecule has 0 unspecified atom stereocenters. The summed E-state index contributed by atoms with van der Waals surface area (Å²) in [4.78, 5) is 0.138. The summed E-state index contributed by atoms with van der Waals surface area (Å²) in [5.41, 5.74) is -0.0493. The Morgan fingerprint density at radius 1 is 1.26 bits per heavy atom. The maximum atomic E-state index is 12.7. The lowest BCUT2D eigenvalue weighted by Gasteiger charge is -2.26. The Balaban J connectivity index is 2.20. The van der Waals surface area contributed by atoms with E-state index in [1.54, 1.807) is 25.5 Å². The van der Waals surface area contributed by atoms with Gasteiger partial charge in [-0.15, -0.1) is 0 Å². The van der Waals surface area contributed by atoms with E-state index >= 15 is 0 Å². The van der Waals surface area contributed by atoms with Crippen LogP contribution < -0.4 is 0 Å². The van der Waals surface area contributed by atoms with E-state index in [0.717, 1.165) is 5.56 Å². The summed E-state index contributed by atoms with van der Waals surface area (Å²) in [6.45, 7) is 5.76. The number of aromatic nitrogens is 2. The van der Waals surface area contributed by atoms with Gasteiger partial charge in [0.25, 0.3) is 0 Å². The molecule has 0 saturated heterocycles. The Labute approximate surface area is 137 Å². The monoisotopic (exact) mass is 337 g/mol. The molecule has 1 N–H and O–H groups in total. The van der Waals surface area contributed by atoms with Crippen molar-refractivity contribution in [2.45, 2.75) is 37.8 Å². The fraction of sp³-hybridized carbons (Fsp3) is 0.438. The molecule has 0 aliphatic rings. The predicted molar refractivity (Wildman–Crippen MR) is 88.5 cm³/mol. The van der Waals surface area contributed by atoms with Crippen LogP contribution >= 0.6 is 0 Å². The van der Waals surface area contributed by atoms with Gasteiger partial charge in [-0.1, -0.05) is 37.3 Å². The zero-order valence-electron chi connectivity index (χ0n) is 13.7. The van der Waals surface area contributed by atoms with Gasteiger partial charge >= 0.3 is 0 Å². The second kappa shape index (κ2) is 6.82. The summed E-state index contributed by atoms with van der Waals surface area (Å²) in [6.07, 6.45) is 2.88. The molecule has 0 spiro atoms. The number of likely N-dealkylation sites (N-methyl/N-ethyl adjacent to an activating group) is 1. The molecule has 1 aromatic carbocycles. The average molecular weight is 337 g/mol. The van der Waals surface area contributed by atoms with Crippen LogP contribution in [0.1, 0.15) is 26.3 Å². The van der Waals surface area contributed by atoms with Gasteiger partial charge in [0, 0.05) is 19.3 Å². The molecule has 0 aliphatic heterocycles. The summed E-state index contributed by atoms with van der Waals surface area (Å²) < 4.78 is 28.2. The van der Waals surface area contributed by atoms with Gasteiger partial charge in [0.15, 0.2) is 0 Å². The lowest BCUT2D eigenvalue weighted by atomic mass is 10.1. The van der Waals surface area contributed by atoms with Gasteiger partial charge in [-0.2, -0.15) is 9.40 Å². The van der Waals surface area contributed by atoms with Crippen LogP contribution in [0.4, 0.5) is 0 Å². The minimum atomic E-state index is -3.67. The third-order valence-corrected chi connectivity index (χ3v) is 5.22. The van der Waals surface area contributed by atoms with Crippen LogP contribution in [0.2, 0.25) is 0 Å². The van der Waals surface area contributed by atoms with Crippen molar-refractivity contribution in [3.8, 4) is 0 Å². The van der Waals surface area contributed by atoms with Crippen molar-refractivity contribution in [1.82, 2.24) is 14.1 Å². The quantitative estimate of drug-likeness (QED) is 0.834. The molecule has 2 rings (SSSR count). The summed E-state index contributed by atoms with van der Waals surface area (Å²) in [5.74, 6) is 0. The van der Waals surface area contributed by atoms with Crippen LogP contribution in [-0.2, 0) is 16.6 Å². The normalized spacial score (nSPS) is 12.7. The molecule has 1 aromatic heterocycles. The topological polar surface area (TPSA) is 75.4 Å². The number of hydrogen-bond donors (Lipinski definition) is 1. The zero-order valence-corrected chi connectivity index (χ0v) is 14.5. The minimum Gasteiger partial charge on any atom is -0.389 e. The van der Waals surface area contributed by atoms with Gasteiger partial charge in [-0.05, 0) is 19.4 Å². The van der Waals surface area contributed by atoms with Crippen molar-refractivity contribution in [2.75, 3.05) is 13.1 Å². The molecule has 0 bridgehead atoms. The molecule has 0 radical (unpaired) electrons. The number of aliphatic hydroxyl groups is 1. The molecular weight excluding hydrogens is 314 g/mol. The first-order valence-electron chi connectivity index (χ1n) is 7.51. The highest BCUT2D eigenvalue weighted by atomic mass is 32.2. The fourth-order valence-electron chi connectivity index (χ4n) is 2.28. The van der Waals surface area contributed by atoms with Gasteiger partial charge in [-0.25, -0.2) is 8.42 Å². The van der Waals surface area contributed by atoms with E-state index in [4.69, 9.17) is 0 Å². The Hall–Kier alpha value is -1.70. The molecule has 0 aliphatic carbocycles. The molecule has 126 valence electrons. The number of benzene rings is 1. The van der Waals surface area contributed by atoms with E-state index in [2.05, 4.69) is 5.10 Å². The van der Waals surface area contributed by atoms with Gasteiger partial charge in [0.2, 0.25) is 10.0 Å². The van der Waals surface area contributed by atoms with Gasteiger partial charge in [-0.3, -0.25) is 4.68 Å². The van der Waals surface area contributed by atoms with Crippen LogP contribution in [0.3, 0.4) is 0 Å². The summed E-state index contributed by atoms with van der Waals surface area (Å²) in [7, 11) is -3.67. The van der Waals surface area contributed by atoms with E-state index in [1.165, 1.54) is 16.7 Å². The Kier molecular flexibility index (Phi) is 5.23. The lowest BCUT2D eigenvalue weighted by molar-refractivity contribution is 0.0601. The molecule has 0 fully saturated rings. The van der Waals surface area contributed by atoms with Crippen LogP contribution in [-0.4, -0.2) is 46.3 Å². The maximum Gasteiger partial charge on any atom is 0.246 e. The van der Waals surface area contributed by atoms with Gasteiger partial charge in [0.05, 0.1) is 18.3 Å². The van der Waals surface area contributed by atoms with Gasteiger partial charge < -0.3 is 5.11 Å². The third-order valence-electron chi connectivity index (χ3n) is 3.35. The van der Waals surface area contributed by atoms with E-state index in [9.17, 15) is 13.5 Å². The van der Waals surface area contributed by atoms with Crippen molar-refractivity contribution in [3.63, 3.8) is 0 Å². The smallest absolute Gasteiger partial charge is 0.246 e. The molecule has 0 atom stereocenters. The molecule has 23 heavy (non-hydrogen) atoms. The summed E-state index contributed by atoms with van der Waals surface area (Å²) in [5, 5.41) is 14.0. The summed E-state index contributed by atoms with van der Waals surface area (Å²) >= 11 is 0. The van der Waals surface area contributed by atoms with Crippen LogP contribution in [0.15, 0.2) is 47.6 Å². The van der Waals surface area contributed by atoms with E-state index in [1.807, 2.05) is 30.3 Å². The first kappa shape index (κ1) is 17.7. The lowest BCUT2D eigenvalue weighted by Crippen LogP contribution is -2.41. The van der Waals surface area contributed by atoms with Crippen LogP contribution in [0, 0.1) is 0 Å². The van der Waals surface area contributed by atoms with Crippen molar-refractivity contribution in [2.24, 2.45) is 0 Å².